The van der Waals surface area contributed by atoms with Gasteiger partial charge in [0.25, 0.3) is 0 Å². The van der Waals surface area contributed by atoms with Gasteiger partial charge in [0, 0.05) is 18.0 Å². The van der Waals surface area contributed by atoms with E-state index in [4.69, 9.17) is 0 Å². The molecule has 0 N–H and O–H groups in total. The molecule has 0 bridgehead atoms. The normalized spacial score (nSPS) is 18.8. The number of nitrogens with zero attached hydrogens (tertiary/aromatic N) is 2. The highest BCUT2D eigenvalue weighted by atomic mass is 32.1. The molecule has 0 saturated carbocycles. The number of aliphatic imine (C=N–C) groups is 1. The molecule has 0 fully saturated rings. The van der Waals surface area contributed by atoms with Crippen LogP contribution in [0.15, 0.2) is 40.1 Å². The van der Waals surface area contributed by atoms with Crippen LogP contribution in [0, 0.1) is 0 Å². The summed E-state index contributed by atoms with van der Waals surface area (Å²) in [5.74, 6) is 0. The van der Waals surface area contributed by atoms with Crippen molar-refractivity contribution in [2.75, 3.05) is 0 Å². The Bertz CT molecular complexity index is 488. The summed E-state index contributed by atoms with van der Waals surface area (Å²) in [5, 5.41) is 2.08. The van der Waals surface area contributed by atoms with Crippen molar-refractivity contribution >= 4 is 17.6 Å². The summed E-state index contributed by atoms with van der Waals surface area (Å²) in [4.78, 5) is 8.85. The number of aromatic nitrogens is 1. The molecule has 2 aromatic rings. The third-order valence-electron chi connectivity index (χ3n) is 2.65. The largest absolute Gasteiger partial charge is 0.282 e. The van der Waals surface area contributed by atoms with Gasteiger partial charge in [-0.1, -0.05) is 24.3 Å². The Kier molecular flexibility index (Phi) is 2.10. The number of thiazole rings is 1. The molecule has 2 nitrogen and oxygen atoms in total. The molecule has 3 heteroatoms. The molecule has 1 aliphatic rings. The highest BCUT2D eigenvalue weighted by molar-refractivity contribution is 7.07. The molecule has 0 amide bonds. The molecule has 0 radical (unpaired) electrons. The number of hydrogen-bond donors (Lipinski definition) is 0. The van der Waals surface area contributed by atoms with E-state index in [1.54, 1.807) is 11.3 Å². The Morgan fingerprint density at radius 1 is 1.27 bits per heavy atom. The fourth-order valence-electron chi connectivity index (χ4n) is 1.84. The van der Waals surface area contributed by atoms with Gasteiger partial charge in [-0.15, -0.1) is 11.3 Å². The molecular weight excluding hydrogens is 204 g/mol. The van der Waals surface area contributed by atoms with Gasteiger partial charge in [-0.25, -0.2) is 4.98 Å². The Hall–Kier alpha value is -1.48. The van der Waals surface area contributed by atoms with Gasteiger partial charge < -0.3 is 0 Å². The molecule has 0 aliphatic carbocycles. The summed E-state index contributed by atoms with van der Waals surface area (Å²) in [7, 11) is 0. The van der Waals surface area contributed by atoms with Gasteiger partial charge in [0.1, 0.15) is 0 Å². The van der Waals surface area contributed by atoms with E-state index in [1.807, 2.05) is 17.8 Å². The summed E-state index contributed by atoms with van der Waals surface area (Å²) >= 11 is 1.63. The summed E-state index contributed by atoms with van der Waals surface area (Å²) in [6.45, 7) is 0. The maximum atomic E-state index is 4.53. The Morgan fingerprint density at radius 2 is 2.20 bits per heavy atom. The molecule has 74 valence electrons. The van der Waals surface area contributed by atoms with Gasteiger partial charge in [0.2, 0.25) is 0 Å². The minimum absolute atomic E-state index is 0.214. The van der Waals surface area contributed by atoms with Crippen molar-refractivity contribution in [1.29, 1.82) is 0 Å². The van der Waals surface area contributed by atoms with E-state index in [2.05, 4.69) is 33.6 Å². The van der Waals surface area contributed by atoms with Gasteiger partial charge in [0.05, 0.1) is 17.2 Å². The lowest BCUT2D eigenvalue weighted by molar-refractivity contribution is 0.697. The van der Waals surface area contributed by atoms with Gasteiger partial charge in [-0.3, -0.25) is 4.99 Å². The minimum Gasteiger partial charge on any atom is -0.282 e. The molecule has 1 unspecified atom stereocenters. The van der Waals surface area contributed by atoms with E-state index < -0.39 is 0 Å². The van der Waals surface area contributed by atoms with Gasteiger partial charge in [-0.05, 0) is 11.1 Å². The number of fused-ring (bicyclic) bond motifs is 1. The van der Waals surface area contributed by atoms with Crippen LogP contribution >= 0.6 is 11.3 Å². The van der Waals surface area contributed by atoms with Crippen molar-refractivity contribution in [3.8, 4) is 0 Å². The standard InChI is InChI=1S/C12H10N2S/c1-2-4-10-6-13-11(5-9(10)3-1)12-7-15-8-14-12/h1-4,6-8,11H,5H2. The van der Waals surface area contributed by atoms with Crippen molar-refractivity contribution < 1.29 is 0 Å². The second-order valence-electron chi connectivity index (χ2n) is 3.61. The van der Waals surface area contributed by atoms with Gasteiger partial charge >= 0.3 is 0 Å². The molecule has 3 rings (SSSR count). The van der Waals surface area contributed by atoms with Crippen LogP contribution in [0.25, 0.3) is 0 Å². The third-order valence-corrected chi connectivity index (χ3v) is 3.26. The van der Waals surface area contributed by atoms with Gasteiger partial charge in [-0.2, -0.15) is 0 Å². The highest BCUT2D eigenvalue weighted by Gasteiger charge is 2.17. The van der Waals surface area contributed by atoms with Crippen LogP contribution in [0.1, 0.15) is 22.9 Å². The molecular formula is C12H10N2S. The van der Waals surface area contributed by atoms with Crippen LogP contribution in [0.3, 0.4) is 0 Å². The number of hydrogen-bond acceptors (Lipinski definition) is 3. The van der Waals surface area contributed by atoms with E-state index in [1.165, 1.54) is 11.1 Å². The molecule has 1 aromatic carbocycles. The second kappa shape index (κ2) is 3.59. The van der Waals surface area contributed by atoms with E-state index in [0.717, 1.165) is 12.1 Å². The fraction of sp³-hybridized carbons (Fsp3) is 0.167. The lowest BCUT2D eigenvalue weighted by atomic mass is 9.97. The lowest BCUT2D eigenvalue weighted by Crippen LogP contribution is -2.08. The second-order valence-corrected chi connectivity index (χ2v) is 4.33. The first-order valence-electron chi connectivity index (χ1n) is 4.92. The first-order chi connectivity index (χ1) is 7.43. The SMILES string of the molecule is C1=NC(c2cscn2)Cc2ccccc21. The maximum absolute atomic E-state index is 4.53. The molecule has 1 aliphatic heterocycles. The molecule has 15 heavy (non-hydrogen) atoms. The zero-order valence-electron chi connectivity index (χ0n) is 8.13. The van der Waals surface area contributed by atoms with Crippen LogP contribution < -0.4 is 0 Å². The van der Waals surface area contributed by atoms with Crippen LogP contribution in [0.5, 0.6) is 0 Å². The Balaban J connectivity index is 1.96. The summed E-state index contributed by atoms with van der Waals surface area (Å²) in [6.07, 6.45) is 2.93. The quantitative estimate of drug-likeness (QED) is 0.716. The van der Waals surface area contributed by atoms with Crippen LogP contribution in [-0.2, 0) is 6.42 Å². The average molecular weight is 214 g/mol. The summed E-state index contributed by atoms with van der Waals surface area (Å²) in [5.41, 5.74) is 5.56. The van der Waals surface area contributed by atoms with Gasteiger partial charge in [0.15, 0.2) is 0 Å². The van der Waals surface area contributed by atoms with E-state index in [0.29, 0.717) is 0 Å². The van der Waals surface area contributed by atoms with E-state index in [9.17, 15) is 0 Å². The highest BCUT2D eigenvalue weighted by Crippen LogP contribution is 2.26. The van der Waals surface area contributed by atoms with Crippen molar-refractivity contribution in [1.82, 2.24) is 4.98 Å². The zero-order valence-corrected chi connectivity index (χ0v) is 8.95. The van der Waals surface area contributed by atoms with E-state index in [-0.39, 0.29) is 6.04 Å². The minimum atomic E-state index is 0.214. The van der Waals surface area contributed by atoms with Crippen molar-refractivity contribution in [3.63, 3.8) is 0 Å². The smallest absolute Gasteiger partial charge is 0.0968 e. The topological polar surface area (TPSA) is 25.2 Å². The number of benzene rings is 1. The predicted molar refractivity (Wildman–Crippen MR) is 62.6 cm³/mol. The fourth-order valence-corrected chi connectivity index (χ4v) is 2.45. The predicted octanol–water partition coefficient (Wildman–Crippen LogP) is 2.86. The van der Waals surface area contributed by atoms with Crippen molar-refractivity contribution in [2.45, 2.75) is 12.5 Å². The monoisotopic (exact) mass is 214 g/mol. The molecule has 2 heterocycles. The first kappa shape index (κ1) is 8.80. The number of rotatable bonds is 1. The van der Waals surface area contributed by atoms with Crippen molar-refractivity contribution in [2.24, 2.45) is 4.99 Å². The zero-order chi connectivity index (χ0) is 10.1. The third kappa shape index (κ3) is 1.59. The van der Waals surface area contributed by atoms with Crippen LogP contribution in [0.2, 0.25) is 0 Å². The summed E-state index contributed by atoms with van der Waals surface area (Å²) in [6, 6.07) is 8.62. The van der Waals surface area contributed by atoms with Crippen LogP contribution in [0.4, 0.5) is 0 Å². The Morgan fingerprint density at radius 3 is 3.07 bits per heavy atom. The van der Waals surface area contributed by atoms with E-state index >= 15 is 0 Å². The van der Waals surface area contributed by atoms with Crippen molar-refractivity contribution in [3.05, 3.63) is 52.0 Å². The molecule has 1 aromatic heterocycles. The average Bonchev–Trinajstić information content (AvgIpc) is 2.82. The lowest BCUT2D eigenvalue weighted by Gasteiger charge is -2.16. The maximum Gasteiger partial charge on any atom is 0.0968 e. The summed E-state index contributed by atoms with van der Waals surface area (Å²) < 4.78 is 0. The Labute approximate surface area is 92.3 Å². The van der Waals surface area contributed by atoms with Crippen LogP contribution in [-0.4, -0.2) is 11.2 Å². The molecule has 1 atom stereocenters. The first-order valence-corrected chi connectivity index (χ1v) is 5.87. The molecule has 0 saturated heterocycles. The molecule has 0 spiro atoms.